The Labute approximate surface area is 115 Å². The maximum Gasteiger partial charge on any atom is 0.243 e. The van der Waals surface area contributed by atoms with E-state index in [-0.39, 0.29) is 11.5 Å². The van der Waals surface area contributed by atoms with Crippen LogP contribution in [0.2, 0.25) is 0 Å². The Balaban J connectivity index is 2.27. The summed E-state index contributed by atoms with van der Waals surface area (Å²) in [6.45, 7) is 7.26. The van der Waals surface area contributed by atoms with Crippen LogP contribution in [0.3, 0.4) is 0 Å². The number of benzene rings is 1. The van der Waals surface area contributed by atoms with E-state index >= 15 is 0 Å². The molecule has 1 fully saturated rings. The lowest BCUT2D eigenvalue weighted by atomic mass is 9.87. The lowest BCUT2D eigenvalue weighted by molar-refractivity contribution is 0.472. The van der Waals surface area contributed by atoms with Crippen molar-refractivity contribution in [2.45, 2.75) is 43.5 Å². The van der Waals surface area contributed by atoms with Crippen LogP contribution < -0.4 is 5.73 Å². The summed E-state index contributed by atoms with van der Waals surface area (Å²) in [5.41, 5.74) is 6.93. The van der Waals surface area contributed by atoms with Crippen molar-refractivity contribution < 1.29 is 8.42 Å². The molecule has 1 heterocycles. The van der Waals surface area contributed by atoms with Crippen molar-refractivity contribution in [1.82, 2.24) is 4.31 Å². The predicted octanol–water partition coefficient (Wildman–Crippen LogP) is 1.71. The average Bonchev–Trinajstić information content (AvgIpc) is 2.76. The Bertz CT molecular complexity index is 544. The molecule has 0 amide bonds. The SMILES string of the molecule is CC(C)(C)c1ccc(S(=O)(=O)N2CC[C@@H](N)C2)cc1. The van der Waals surface area contributed by atoms with Gasteiger partial charge in [-0.1, -0.05) is 32.9 Å². The lowest BCUT2D eigenvalue weighted by Gasteiger charge is -2.20. The highest BCUT2D eigenvalue weighted by atomic mass is 32.2. The molecule has 106 valence electrons. The summed E-state index contributed by atoms with van der Waals surface area (Å²) >= 11 is 0. The van der Waals surface area contributed by atoms with Gasteiger partial charge in [-0.3, -0.25) is 0 Å². The molecule has 0 spiro atoms. The van der Waals surface area contributed by atoms with Gasteiger partial charge in [0.1, 0.15) is 0 Å². The van der Waals surface area contributed by atoms with E-state index in [1.54, 1.807) is 12.1 Å². The van der Waals surface area contributed by atoms with Crippen LogP contribution in [0.1, 0.15) is 32.8 Å². The largest absolute Gasteiger partial charge is 0.326 e. The Hall–Kier alpha value is -0.910. The Morgan fingerprint density at radius 2 is 1.79 bits per heavy atom. The van der Waals surface area contributed by atoms with Gasteiger partial charge in [-0.2, -0.15) is 4.31 Å². The van der Waals surface area contributed by atoms with Gasteiger partial charge >= 0.3 is 0 Å². The molecule has 19 heavy (non-hydrogen) atoms. The highest BCUT2D eigenvalue weighted by Crippen LogP contribution is 2.25. The van der Waals surface area contributed by atoms with Gasteiger partial charge in [-0.15, -0.1) is 0 Å². The van der Waals surface area contributed by atoms with Crippen molar-refractivity contribution in [3.63, 3.8) is 0 Å². The van der Waals surface area contributed by atoms with Crippen LogP contribution in [0.25, 0.3) is 0 Å². The van der Waals surface area contributed by atoms with Crippen molar-refractivity contribution in [2.75, 3.05) is 13.1 Å². The summed E-state index contributed by atoms with van der Waals surface area (Å²) in [4.78, 5) is 0.356. The first kappa shape index (κ1) is 14.5. The summed E-state index contributed by atoms with van der Waals surface area (Å²) in [5, 5.41) is 0. The summed E-state index contributed by atoms with van der Waals surface area (Å²) in [7, 11) is -3.38. The van der Waals surface area contributed by atoms with E-state index in [0.29, 0.717) is 18.0 Å². The van der Waals surface area contributed by atoms with Gasteiger partial charge in [0.2, 0.25) is 10.0 Å². The maximum atomic E-state index is 12.4. The first-order valence-electron chi connectivity index (χ1n) is 6.57. The zero-order chi connectivity index (χ0) is 14.3. The topological polar surface area (TPSA) is 63.4 Å². The van der Waals surface area contributed by atoms with Crippen LogP contribution in [0, 0.1) is 0 Å². The van der Waals surface area contributed by atoms with E-state index < -0.39 is 10.0 Å². The van der Waals surface area contributed by atoms with Gasteiger partial charge in [0, 0.05) is 19.1 Å². The van der Waals surface area contributed by atoms with Crippen molar-refractivity contribution in [3.8, 4) is 0 Å². The second kappa shape index (κ2) is 4.89. The standard InChI is InChI=1S/C14H22N2O2S/c1-14(2,3)11-4-6-13(7-5-11)19(17,18)16-9-8-12(15)10-16/h4-7,12H,8-10,15H2,1-3H3/t12-/m1/s1. The molecule has 1 aromatic rings. The summed E-state index contributed by atoms with van der Waals surface area (Å²) in [6.07, 6.45) is 0.735. The summed E-state index contributed by atoms with van der Waals surface area (Å²) in [5.74, 6) is 0. The fourth-order valence-electron chi connectivity index (χ4n) is 2.25. The quantitative estimate of drug-likeness (QED) is 0.898. The van der Waals surface area contributed by atoms with E-state index in [2.05, 4.69) is 20.8 Å². The second-order valence-corrected chi connectivity index (χ2v) is 8.12. The van der Waals surface area contributed by atoms with Crippen molar-refractivity contribution in [2.24, 2.45) is 5.73 Å². The van der Waals surface area contributed by atoms with E-state index in [0.717, 1.165) is 12.0 Å². The number of hydrogen-bond donors (Lipinski definition) is 1. The average molecular weight is 282 g/mol. The zero-order valence-electron chi connectivity index (χ0n) is 11.8. The zero-order valence-corrected chi connectivity index (χ0v) is 12.6. The third-order valence-corrected chi connectivity index (χ3v) is 5.42. The first-order chi connectivity index (χ1) is 8.71. The molecule has 1 aromatic carbocycles. The van der Waals surface area contributed by atoms with Crippen LogP contribution in [-0.4, -0.2) is 31.9 Å². The molecule has 0 saturated carbocycles. The Kier molecular flexibility index (Phi) is 3.73. The molecule has 0 aliphatic carbocycles. The monoisotopic (exact) mass is 282 g/mol. The van der Waals surface area contributed by atoms with E-state index in [9.17, 15) is 8.42 Å². The number of nitrogens with two attached hydrogens (primary N) is 1. The van der Waals surface area contributed by atoms with Gasteiger partial charge in [0.15, 0.2) is 0 Å². The smallest absolute Gasteiger partial charge is 0.243 e. The molecule has 1 saturated heterocycles. The molecule has 0 bridgehead atoms. The highest BCUT2D eigenvalue weighted by Gasteiger charge is 2.30. The fraction of sp³-hybridized carbons (Fsp3) is 0.571. The van der Waals surface area contributed by atoms with Gasteiger partial charge in [-0.05, 0) is 29.5 Å². The van der Waals surface area contributed by atoms with Gasteiger partial charge < -0.3 is 5.73 Å². The summed E-state index contributed by atoms with van der Waals surface area (Å²) in [6, 6.07) is 7.13. The minimum absolute atomic E-state index is 0.0261. The van der Waals surface area contributed by atoms with Gasteiger partial charge in [-0.25, -0.2) is 8.42 Å². The highest BCUT2D eigenvalue weighted by molar-refractivity contribution is 7.89. The third kappa shape index (κ3) is 2.99. The molecule has 2 N–H and O–H groups in total. The molecular formula is C14H22N2O2S. The molecule has 4 nitrogen and oxygen atoms in total. The lowest BCUT2D eigenvalue weighted by Crippen LogP contribution is -2.32. The number of nitrogens with zero attached hydrogens (tertiary/aromatic N) is 1. The molecule has 0 unspecified atom stereocenters. The molecular weight excluding hydrogens is 260 g/mol. The van der Waals surface area contributed by atoms with Crippen LogP contribution in [0.15, 0.2) is 29.2 Å². The number of hydrogen-bond acceptors (Lipinski definition) is 3. The van der Waals surface area contributed by atoms with Crippen molar-refractivity contribution in [1.29, 1.82) is 0 Å². The van der Waals surface area contributed by atoms with Crippen LogP contribution >= 0.6 is 0 Å². The van der Waals surface area contributed by atoms with E-state index in [1.807, 2.05) is 12.1 Å². The van der Waals surface area contributed by atoms with Gasteiger partial charge in [0.05, 0.1) is 4.90 Å². The minimum atomic E-state index is -3.38. The van der Waals surface area contributed by atoms with E-state index in [1.165, 1.54) is 4.31 Å². The first-order valence-corrected chi connectivity index (χ1v) is 8.01. The van der Waals surface area contributed by atoms with Crippen LogP contribution in [0.5, 0.6) is 0 Å². The Morgan fingerprint density at radius 3 is 2.21 bits per heavy atom. The fourth-order valence-corrected chi connectivity index (χ4v) is 3.76. The Morgan fingerprint density at radius 1 is 1.21 bits per heavy atom. The third-order valence-electron chi connectivity index (χ3n) is 3.55. The van der Waals surface area contributed by atoms with Crippen LogP contribution in [-0.2, 0) is 15.4 Å². The van der Waals surface area contributed by atoms with Crippen LogP contribution in [0.4, 0.5) is 0 Å². The number of sulfonamides is 1. The van der Waals surface area contributed by atoms with Crippen molar-refractivity contribution in [3.05, 3.63) is 29.8 Å². The second-order valence-electron chi connectivity index (χ2n) is 6.19. The molecule has 5 heteroatoms. The number of rotatable bonds is 2. The molecule has 0 radical (unpaired) electrons. The van der Waals surface area contributed by atoms with Crippen molar-refractivity contribution >= 4 is 10.0 Å². The normalized spacial score (nSPS) is 21.8. The minimum Gasteiger partial charge on any atom is -0.326 e. The molecule has 1 aliphatic rings. The molecule has 1 atom stereocenters. The molecule has 1 aliphatic heterocycles. The molecule has 0 aromatic heterocycles. The van der Waals surface area contributed by atoms with E-state index in [4.69, 9.17) is 5.73 Å². The molecule has 2 rings (SSSR count). The predicted molar refractivity (Wildman–Crippen MR) is 76.5 cm³/mol. The maximum absolute atomic E-state index is 12.4. The summed E-state index contributed by atoms with van der Waals surface area (Å²) < 4.78 is 26.3. The van der Waals surface area contributed by atoms with Gasteiger partial charge in [0.25, 0.3) is 0 Å².